The second kappa shape index (κ2) is 9.73. The van der Waals surface area contributed by atoms with Crippen LogP contribution < -0.4 is 0 Å². The van der Waals surface area contributed by atoms with Gasteiger partial charge in [-0.2, -0.15) is 0 Å². The maximum atomic E-state index is 12.3. The third kappa shape index (κ3) is 6.43. The molecule has 1 atom stereocenters. The van der Waals surface area contributed by atoms with Crippen molar-refractivity contribution < 1.29 is 9.53 Å². The van der Waals surface area contributed by atoms with Crippen LogP contribution in [0.5, 0.6) is 0 Å². The summed E-state index contributed by atoms with van der Waals surface area (Å²) in [6.45, 7) is 8.86. The number of hydrogen-bond donors (Lipinski definition) is 0. The maximum absolute atomic E-state index is 12.3. The molecule has 0 saturated carbocycles. The Kier molecular flexibility index (Phi) is 8.29. The number of hydrogen-bond acceptors (Lipinski definition) is 2. The topological polar surface area (TPSA) is 26.3 Å². The van der Waals surface area contributed by atoms with Gasteiger partial charge >= 0.3 is 0 Å². The lowest BCUT2D eigenvalue weighted by molar-refractivity contribution is 0.0463. The molecule has 1 aromatic rings. The summed E-state index contributed by atoms with van der Waals surface area (Å²) >= 11 is 0. The van der Waals surface area contributed by atoms with Crippen molar-refractivity contribution in [2.24, 2.45) is 0 Å². The molecular weight excluding hydrogens is 260 g/mol. The fraction of sp³-hybridized carbons (Fsp3) is 0.632. The Bertz CT molecular complexity index is 437. The summed E-state index contributed by atoms with van der Waals surface area (Å²) in [5, 5.41) is 0. The number of rotatable bonds is 10. The molecule has 0 aliphatic carbocycles. The Morgan fingerprint density at radius 2 is 1.71 bits per heavy atom. The van der Waals surface area contributed by atoms with Gasteiger partial charge in [0, 0.05) is 12.2 Å². The lowest BCUT2D eigenvalue weighted by Gasteiger charge is -2.13. The average molecular weight is 290 g/mol. The molecule has 0 aliphatic rings. The van der Waals surface area contributed by atoms with Crippen LogP contribution in [0.3, 0.4) is 0 Å². The van der Waals surface area contributed by atoms with Crippen molar-refractivity contribution in [1.29, 1.82) is 0 Å². The van der Waals surface area contributed by atoms with Crippen LogP contribution >= 0.6 is 0 Å². The van der Waals surface area contributed by atoms with Gasteiger partial charge in [0.05, 0.1) is 0 Å². The summed E-state index contributed by atoms with van der Waals surface area (Å²) in [6.07, 6.45) is 7.09. The third-order valence-electron chi connectivity index (χ3n) is 4.03. The molecule has 0 spiro atoms. The van der Waals surface area contributed by atoms with Gasteiger partial charge in [-0.05, 0) is 44.4 Å². The first kappa shape index (κ1) is 17.9. The molecule has 0 saturated heterocycles. The van der Waals surface area contributed by atoms with Gasteiger partial charge in [-0.25, -0.2) is 0 Å². The first-order chi connectivity index (χ1) is 10.1. The predicted molar refractivity (Wildman–Crippen MR) is 89.0 cm³/mol. The normalized spacial score (nSPS) is 12.4. The predicted octanol–water partition coefficient (Wildman–Crippen LogP) is 5.25. The summed E-state index contributed by atoms with van der Waals surface area (Å²) < 4.78 is 5.69. The first-order valence-corrected chi connectivity index (χ1v) is 8.29. The molecule has 0 amide bonds. The molecule has 2 heteroatoms. The van der Waals surface area contributed by atoms with Gasteiger partial charge in [0.2, 0.25) is 0 Å². The number of carbonyl (C=O) groups excluding carboxylic acids is 1. The van der Waals surface area contributed by atoms with E-state index in [0.717, 1.165) is 17.5 Å². The van der Waals surface area contributed by atoms with Gasteiger partial charge in [-0.3, -0.25) is 4.79 Å². The Morgan fingerprint density at radius 3 is 2.38 bits per heavy atom. The SMILES string of the molecule is CCCCCCCCOC(C)C(=O)c1ccc(C)c(C)c1. The lowest BCUT2D eigenvalue weighted by Crippen LogP contribution is -2.21. The van der Waals surface area contributed by atoms with Crippen molar-refractivity contribution in [1.82, 2.24) is 0 Å². The van der Waals surface area contributed by atoms with Crippen molar-refractivity contribution in [3.63, 3.8) is 0 Å². The minimum atomic E-state index is -0.345. The van der Waals surface area contributed by atoms with E-state index in [1.807, 2.05) is 32.0 Å². The smallest absolute Gasteiger partial charge is 0.191 e. The van der Waals surface area contributed by atoms with Crippen LogP contribution in [0.4, 0.5) is 0 Å². The number of aryl methyl sites for hydroxylation is 2. The number of Topliss-reactive ketones (excluding diaryl/α,β-unsaturated/α-hetero) is 1. The first-order valence-electron chi connectivity index (χ1n) is 8.29. The zero-order valence-electron chi connectivity index (χ0n) is 14.1. The summed E-state index contributed by atoms with van der Waals surface area (Å²) in [5.41, 5.74) is 3.13. The second-order valence-corrected chi connectivity index (χ2v) is 5.94. The van der Waals surface area contributed by atoms with E-state index in [4.69, 9.17) is 4.74 Å². The van der Waals surface area contributed by atoms with Crippen molar-refractivity contribution >= 4 is 5.78 Å². The summed E-state index contributed by atoms with van der Waals surface area (Å²) in [7, 11) is 0. The highest BCUT2D eigenvalue weighted by Crippen LogP contribution is 2.13. The number of ketones is 1. The van der Waals surface area contributed by atoms with E-state index in [0.29, 0.717) is 6.61 Å². The molecule has 0 radical (unpaired) electrons. The highest BCUT2D eigenvalue weighted by Gasteiger charge is 2.15. The van der Waals surface area contributed by atoms with E-state index in [-0.39, 0.29) is 11.9 Å². The highest BCUT2D eigenvalue weighted by molar-refractivity contribution is 5.99. The van der Waals surface area contributed by atoms with Gasteiger partial charge in [0.1, 0.15) is 6.10 Å². The lowest BCUT2D eigenvalue weighted by atomic mass is 10.0. The van der Waals surface area contributed by atoms with Crippen LogP contribution in [-0.2, 0) is 4.74 Å². The van der Waals surface area contributed by atoms with Crippen LogP contribution in [0.25, 0.3) is 0 Å². The van der Waals surface area contributed by atoms with Crippen LogP contribution in [0.1, 0.15) is 73.9 Å². The molecule has 1 aromatic carbocycles. The molecule has 0 bridgehead atoms. The average Bonchev–Trinajstić information content (AvgIpc) is 2.48. The fourth-order valence-electron chi connectivity index (χ4n) is 2.35. The molecule has 0 aliphatic heterocycles. The van der Waals surface area contributed by atoms with E-state index in [1.54, 1.807) is 0 Å². The largest absolute Gasteiger partial charge is 0.370 e. The second-order valence-electron chi connectivity index (χ2n) is 5.94. The Balaban J connectivity index is 2.29. The minimum absolute atomic E-state index is 0.0871. The van der Waals surface area contributed by atoms with Crippen molar-refractivity contribution in [3.8, 4) is 0 Å². The molecule has 21 heavy (non-hydrogen) atoms. The summed E-state index contributed by atoms with van der Waals surface area (Å²) in [6, 6.07) is 5.86. The van der Waals surface area contributed by atoms with Gasteiger partial charge in [-0.1, -0.05) is 51.2 Å². The molecule has 0 aromatic heterocycles. The quantitative estimate of drug-likeness (QED) is 0.434. The van der Waals surface area contributed by atoms with E-state index >= 15 is 0 Å². The van der Waals surface area contributed by atoms with E-state index in [1.165, 1.54) is 37.7 Å². The van der Waals surface area contributed by atoms with Crippen molar-refractivity contribution in [2.75, 3.05) is 6.61 Å². The van der Waals surface area contributed by atoms with Gasteiger partial charge in [0.25, 0.3) is 0 Å². The van der Waals surface area contributed by atoms with Gasteiger partial charge in [-0.15, -0.1) is 0 Å². The molecule has 0 N–H and O–H groups in total. The van der Waals surface area contributed by atoms with Crippen LogP contribution in [0.2, 0.25) is 0 Å². The molecule has 1 rings (SSSR count). The number of ether oxygens (including phenoxy) is 1. The van der Waals surface area contributed by atoms with Crippen molar-refractivity contribution in [2.45, 2.75) is 72.3 Å². The van der Waals surface area contributed by atoms with E-state index in [2.05, 4.69) is 13.8 Å². The summed E-state index contributed by atoms with van der Waals surface area (Å²) in [4.78, 5) is 12.3. The number of carbonyl (C=O) groups is 1. The number of benzene rings is 1. The van der Waals surface area contributed by atoms with E-state index < -0.39 is 0 Å². The summed E-state index contributed by atoms with van der Waals surface area (Å²) in [5.74, 6) is 0.0871. The van der Waals surface area contributed by atoms with Crippen molar-refractivity contribution in [3.05, 3.63) is 34.9 Å². The molecule has 2 nitrogen and oxygen atoms in total. The Labute approximate surface area is 129 Å². The molecule has 0 heterocycles. The van der Waals surface area contributed by atoms with Crippen LogP contribution in [-0.4, -0.2) is 18.5 Å². The van der Waals surface area contributed by atoms with Gasteiger partial charge in [0.15, 0.2) is 5.78 Å². The monoisotopic (exact) mass is 290 g/mol. The Hall–Kier alpha value is -1.15. The Morgan fingerprint density at radius 1 is 1.05 bits per heavy atom. The molecule has 118 valence electrons. The molecular formula is C19H30O2. The number of unbranched alkanes of at least 4 members (excludes halogenated alkanes) is 5. The zero-order valence-corrected chi connectivity index (χ0v) is 14.1. The third-order valence-corrected chi connectivity index (χ3v) is 4.03. The minimum Gasteiger partial charge on any atom is -0.370 e. The van der Waals surface area contributed by atoms with Crippen LogP contribution in [0.15, 0.2) is 18.2 Å². The van der Waals surface area contributed by atoms with Gasteiger partial charge < -0.3 is 4.74 Å². The fourth-order valence-corrected chi connectivity index (χ4v) is 2.35. The maximum Gasteiger partial charge on any atom is 0.191 e. The van der Waals surface area contributed by atoms with E-state index in [9.17, 15) is 4.79 Å². The highest BCUT2D eigenvalue weighted by atomic mass is 16.5. The molecule has 0 fully saturated rings. The van der Waals surface area contributed by atoms with Crippen LogP contribution in [0, 0.1) is 13.8 Å². The zero-order chi connectivity index (χ0) is 15.7. The standard InChI is InChI=1S/C19H30O2/c1-5-6-7-8-9-10-13-21-17(4)19(20)18-12-11-15(2)16(3)14-18/h11-12,14,17H,5-10,13H2,1-4H3. The molecule has 1 unspecified atom stereocenters.